The van der Waals surface area contributed by atoms with E-state index in [9.17, 15) is 9.59 Å². The van der Waals surface area contributed by atoms with E-state index in [-0.39, 0.29) is 5.78 Å². The number of ketones is 1. The zero-order valence-corrected chi connectivity index (χ0v) is 19.3. The molecule has 1 aromatic heterocycles. The summed E-state index contributed by atoms with van der Waals surface area (Å²) in [5.74, 6) is -0.743. The third-order valence-corrected chi connectivity index (χ3v) is 6.05. The molecule has 0 aliphatic heterocycles. The quantitative estimate of drug-likeness (QED) is 0.223. The van der Waals surface area contributed by atoms with Crippen molar-refractivity contribution in [1.29, 1.82) is 0 Å². The van der Waals surface area contributed by atoms with Gasteiger partial charge in [0.2, 0.25) is 5.78 Å². The Morgan fingerprint density at radius 1 is 0.812 bits per heavy atom. The second kappa shape index (κ2) is 12.8. The van der Waals surface area contributed by atoms with E-state index < -0.39 is 5.91 Å². The SMILES string of the molecule is CCCCCCCCCCC(=O)C(=O)NCCc1c(-c2ccccc2)[nH]c2ccccc12. The Kier molecular flexibility index (Phi) is 9.55. The lowest BCUT2D eigenvalue weighted by Gasteiger charge is -2.07. The second-order valence-electron chi connectivity index (χ2n) is 8.54. The number of hydrogen-bond acceptors (Lipinski definition) is 2. The summed E-state index contributed by atoms with van der Waals surface area (Å²) in [6, 6.07) is 18.4. The molecule has 0 radical (unpaired) electrons. The zero-order chi connectivity index (χ0) is 22.6. The van der Waals surface area contributed by atoms with Crippen LogP contribution in [0.5, 0.6) is 0 Å². The lowest BCUT2D eigenvalue weighted by Crippen LogP contribution is -2.32. The maximum absolute atomic E-state index is 12.3. The van der Waals surface area contributed by atoms with E-state index in [0.29, 0.717) is 19.4 Å². The Hall–Kier alpha value is -2.88. The molecule has 2 aromatic carbocycles. The van der Waals surface area contributed by atoms with Gasteiger partial charge in [0.05, 0.1) is 0 Å². The maximum atomic E-state index is 12.3. The molecule has 0 atom stereocenters. The van der Waals surface area contributed by atoms with E-state index in [0.717, 1.165) is 41.4 Å². The average molecular weight is 433 g/mol. The van der Waals surface area contributed by atoms with Gasteiger partial charge < -0.3 is 10.3 Å². The van der Waals surface area contributed by atoms with Crippen molar-refractivity contribution < 1.29 is 9.59 Å². The summed E-state index contributed by atoms with van der Waals surface area (Å²) in [7, 11) is 0. The highest BCUT2D eigenvalue weighted by Crippen LogP contribution is 2.30. The molecule has 0 aliphatic carbocycles. The topological polar surface area (TPSA) is 62.0 Å². The Morgan fingerprint density at radius 2 is 1.47 bits per heavy atom. The smallest absolute Gasteiger partial charge is 0.287 e. The van der Waals surface area contributed by atoms with Crippen molar-refractivity contribution in [2.75, 3.05) is 6.54 Å². The molecule has 0 fully saturated rings. The largest absolute Gasteiger partial charge is 0.354 e. The van der Waals surface area contributed by atoms with Crippen LogP contribution in [0.1, 0.15) is 70.3 Å². The standard InChI is InChI=1S/C28H36N2O2/c1-2-3-4-5-6-7-8-12-19-26(31)28(32)29-21-20-24-23-17-13-14-18-25(23)30-27(24)22-15-10-9-11-16-22/h9-11,13-18,30H,2-8,12,19-21H2,1H3,(H,29,32). The Bertz CT molecular complexity index is 991. The van der Waals surface area contributed by atoms with E-state index in [2.05, 4.69) is 41.5 Å². The van der Waals surface area contributed by atoms with Gasteiger partial charge in [-0.15, -0.1) is 0 Å². The molecule has 0 unspecified atom stereocenters. The number of carbonyl (C=O) groups excluding carboxylic acids is 2. The molecular formula is C28H36N2O2. The molecule has 1 heterocycles. The van der Waals surface area contributed by atoms with Crippen molar-refractivity contribution in [2.24, 2.45) is 0 Å². The monoisotopic (exact) mass is 432 g/mol. The van der Waals surface area contributed by atoms with Crippen LogP contribution < -0.4 is 5.32 Å². The normalized spacial score (nSPS) is 11.0. The number of rotatable bonds is 14. The van der Waals surface area contributed by atoms with Crippen molar-refractivity contribution in [2.45, 2.75) is 71.1 Å². The zero-order valence-electron chi connectivity index (χ0n) is 19.3. The first-order valence-corrected chi connectivity index (χ1v) is 12.2. The van der Waals surface area contributed by atoms with Crippen molar-refractivity contribution in [1.82, 2.24) is 10.3 Å². The highest BCUT2D eigenvalue weighted by molar-refractivity contribution is 6.36. The van der Waals surface area contributed by atoms with E-state index in [1.807, 2.05) is 30.3 Å². The Labute approximate surface area is 191 Å². The minimum absolute atomic E-state index is 0.293. The van der Waals surface area contributed by atoms with Gasteiger partial charge >= 0.3 is 0 Å². The molecule has 1 amide bonds. The molecule has 0 saturated heterocycles. The first kappa shape index (κ1) is 23.8. The molecule has 170 valence electrons. The lowest BCUT2D eigenvalue weighted by molar-refractivity contribution is -0.137. The van der Waals surface area contributed by atoms with E-state index in [1.54, 1.807) is 0 Å². The van der Waals surface area contributed by atoms with E-state index >= 15 is 0 Å². The number of Topliss-reactive ketones (excluding diaryl/α,β-unsaturated/α-hetero) is 1. The van der Waals surface area contributed by atoms with Crippen molar-refractivity contribution >= 4 is 22.6 Å². The van der Waals surface area contributed by atoms with Crippen molar-refractivity contribution in [3.63, 3.8) is 0 Å². The highest BCUT2D eigenvalue weighted by atomic mass is 16.2. The number of carbonyl (C=O) groups is 2. The van der Waals surface area contributed by atoms with E-state index in [1.165, 1.54) is 37.7 Å². The minimum Gasteiger partial charge on any atom is -0.354 e. The number of nitrogens with one attached hydrogen (secondary N) is 2. The minimum atomic E-state index is -0.450. The number of amides is 1. The molecule has 3 rings (SSSR count). The van der Waals surface area contributed by atoms with Gasteiger partial charge in [0, 0.05) is 29.6 Å². The molecule has 0 aliphatic rings. The third kappa shape index (κ3) is 6.81. The Morgan fingerprint density at radius 3 is 2.22 bits per heavy atom. The molecule has 4 nitrogen and oxygen atoms in total. The summed E-state index contributed by atoms with van der Waals surface area (Å²) in [6.07, 6.45) is 10.4. The van der Waals surface area contributed by atoms with Gasteiger partial charge in [-0.2, -0.15) is 0 Å². The molecule has 32 heavy (non-hydrogen) atoms. The predicted octanol–water partition coefficient (Wildman–Crippen LogP) is 6.59. The molecular weight excluding hydrogens is 396 g/mol. The van der Waals surface area contributed by atoms with Gasteiger partial charge in [-0.3, -0.25) is 9.59 Å². The number of fused-ring (bicyclic) bond motifs is 1. The van der Waals surface area contributed by atoms with E-state index in [4.69, 9.17) is 0 Å². The predicted molar refractivity (Wildman–Crippen MR) is 133 cm³/mol. The fourth-order valence-electron chi connectivity index (χ4n) is 4.24. The molecule has 3 aromatic rings. The van der Waals surface area contributed by atoms with Gasteiger partial charge in [-0.1, -0.05) is 100 Å². The first-order valence-electron chi connectivity index (χ1n) is 12.2. The van der Waals surface area contributed by atoms with Gasteiger partial charge in [0.1, 0.15) is 0 Å². The van der Waals surface area contributed by atoms with Crippen LogP contribution in [0, 0.1) is 0 Å². The third-order valence-electron chi connectivity index (χ3n) is 6.05. The summed E-state index contributed by atoms with van der Waals surface area (Å²) in [5, 5.41) is 4.00. The number of H-pyrrole nitrogens is 1. The molecule has 0 saturated carbocycles. The summed E-state index contributed by atoms with van der Waals surface area (Å²) in [5.41, 5.74) is 4.45. The number of aromatic amines is 1. The van der Waals surface area contributed by atoms with Crippen LogP contribution in [-0.4, -0.2) is 23.2 Å². The Balaban J connectivity index is 1.47. The average Bonchev–Trinajstić information content (AvgIpc) is 3.20. The number of hydrogen-bond donors (Lipinski definition) is 2. The van der Waals surface area contributed by atoms with Crippen LogP contribution in [0.25, 0.3) is 22.2 Å². The second-order valence-corrected chi connectivity index (χ2v) is 8.54. The van der Waals surface area contributed by atoms with Crippen LogP contribution in [0.2, 0.25) is 0 Å². The summed E-state index contributed by atoms with van der Waals surface area (Å²) < 4.78 is 0. The fourth-order valence-corrected chi connectivity index (χ4v) is 4.24. The number of unbranched alkanes of at least 4 members (excludes halogenated alkanes) is 7. The lowest BCUT2D eigenvalue weighted by atomic mass is 10.0. The number of para-hydroxylation sites is 1. The molecule has 2 N–H and O–H groups in total. The fraction of sp³-hybridized carbons (Fsp3) is 0.429. The van der Waals surface area contributed by atoms with Gasteiger partial charge in [-0.25, -0.2) is 0 Å². The van der Waals surface area contributed by atoms with Crippen molar-refractivity contribution in [3.8, 4) is 11.3 Å². The highest BCUT2D eigenvalue weighted by Gasteiger charge is 2.15. The summed E-state index contributed by atoms with van der Waals surface area (Å²) >= 11 is 0. The van der Waals surface area contributed by atoms with Crippen LogP contribution in [-0.2, 0) is 16.0 Å². The van der Waals surface area contributed by atoms with Gasteiger partial charge in [0.15, 0.2) is 0 Å². The molecule has 0 spiro atoms. The summed E-state index contributed by atoms with van der Waals surface area (Å²) in [4.78, 5) is 28.0. The van der Waals surface area contributed by atoms with Crippen LogP contribution >= 0.6 is 0 Å². The van der Waals surface area contributed by atoms with Crippen LogP contribution in [0.3, 0.4) is 0 Å². The van der Waals surface area contributed by atoms with Crippen LogP contribution in [0.4, 0.5) is 0 Å². The molecule has 0 bridgehead atoms. The molecule has 4 heteroatoms. The number of aromatic nitrogens is 1. The first-order chi connectivity index (χ1) is 15.7. The maximum Gasteiger partial charge on any atom is 0.287 e. The van der Waals surface area contributed by atoms with Gasteiger partial charge in [0.25, 0.3) is 5.91 Å². The van der Waals surface area contributed by atoms with Gasteiger partial charge in [-0.05, 0) is 30.0 Å². The van der Waals surface area contributed by atoms with Crippen LogP contribution in [0.15, 0.2) is 54.6 Å². The number of benzene rings is 2. The van der Waals surface area contributed by atoms with Crippen molar-refractivity contribution in [3.05, 3.63) is 60.2 Å². The summed E-state index contributed by atoms with van der Waals surface area (Å²) in [6.45, 7) is 2.67.